The van der Waals surface area contributed by atoms with E-state index in [2.05, 4.69) is 31.2 Å². The molecule has 0 bridgehead atoms. The van der Waals surface area contributed by atoms with Crippen molar-refractivity contribution in [1.82, 2.24) is 20.1 Å². The van der Waals surface area contributed by atoms with Gasteiger partial charge in [0.05, 0.1) is 13.1 Å². The number of halogens is 1. The molecule has 0 spiro atoms. The van der Waals surface area contributed by atoms with Crippen LogP contribution in [0.5, 0.6) is 0 Å². The molecule has 0 saturated heterocycles. The van der Waals surface area contributed by atoms with Crippen LogP contribution in [0, 0.1) is 0 Å². The number of amides is 1. The second-order valence-corrected chi connectivity index (χ2v) is 5.82. The van der Waals surface area contributed by atoms with Crippen LogP contribution < -0.4 is 10.6 Å². The van der Waals surface area contributed by atoms with Gasteiger partial charge in [-0.25, -0.2) is 0 Å². The van der Waals surface area contributed by atoms with Gasteiger partial charge < -0.3 is 20.1 Å². The standard InChI is InChI=1S/C19H27N5O.HI/c1-4-20-19(24(3)15-17-11-8-14-23(17)2)22-13-12-21-18(25)16-9-6-5-7-10-16;/h5-11,14H,4,12-13,15H2,1-3H3,(H,20,22)(H,21,25);1H. The zero-order valence-corrected chi connectivity index (χ0v) is 17.9. The molecule has 0 aliphatic carbocycles. The Kier molecular flexibility index (Phi) is 9.79. The summed E-state index contributed by atoms with van der Waals surface area (Å²) >= 11 is 0. The predicted molar refractivity (Wildman–Crippen MR) is 117 cm³/mol. The number of guanidine groups is 1. The Morgan fingerprint density at radius 2 is 1.88 bits per heavy atom. The van der Waals surface area contributed by atoms with Crippen LogP contribution in [0.15, 0.2) is 53.7 Å². The lowest BCUT2D eigenvalue weighted by Crippen LogP contribution is -2.39. The molecule has 0 aliphatic heterocycles. The lowest BCUT2D eigenvalue weighted by Gasteiger charge is -2.22. The zero-order chi connectivity index (χ0) is 18.1. The number of aromatic nitrogens is 1. The average Bonchev–Trinajstić information content (AvgIpc) is 3.03. The highest BCUT2D eigenvalue weighted by molar-refractivity contribution is 14.0. The lowest BCUT2D eigenvalue weighted by molar-refractivity contribution is 0.0955. The van der Waals surface area contributed by atoms with Gasteiger partial charge in [-0.2, -0.15) is 0 Å². The van der Waals surface area contributed by atoms with E-state index in [0.29, 0.717) is 18.7 Å². The van der Waals surface area contributed by atoms with Crippen LogP contribution in [0.3, 0.4) is 0 Å². The number of hydrogen-bond donors (Lipinski definition) is 2. The molecule has 0 aliphatic rings. The van der Waals surface area contributed by atoms with E-state index in [1.807, 2.05) is 51.5 Å². The van der Waals surface area contributed by atoms with Crippen LogP contribution in [-0.4, -0.2) is 48.0 Å². The summed E-state index contributed by atoms with van der Waals surface area (Å²) in [4.78, 5) is 18.7. The first kappa shape index (κ1) is 22.0. The smallest absolute Gasteiger partial charge is 0.251 e. The van der Waals surface area contributed by atoms with Crippen molar-refractivity contribution in [3.05, 3.63) is 59.9 Å². The quantitative estimate of drug-likeness (QED) is 0.284. The minimum absolute atomic E-state index is 0. The first-order valence-electron chi connectivity index (χ1n) is 8.54. The van der Waals surface area contributed by atoms with Gasteiger partial charge in [-0.3, -0.25) is 9.79 Å². The number of nitrogens with one attached hydrogen (secondary N) is 2. The van der Waals surface area contributed by atoms with Crippen molar-refractivity contribution in [2.45, 2.75) is 13.5 Å². The van der Waals surface area contributed by atoms with E-state index in [0.717, 1.165) is 19.0 Å². The molecule has 2 aromatic rings. The second-order valence-electron chi connectivity index (χ2n) is 5.82. The van der Waals surface area contributed by atoms with Gasteiger partial charge in [-0.15, -0.1) is 24.0 Å². The van der Waals surface area contributed by atoms with Crippen LogP contribution in [-0.2, 0) is 13.6 Å². The molecule has 2 rings (SSSR count). The Bertz CT molecular complexity index is 699. The largest absolute Gasteiger partial charge is 0.357 e. The summed E-state index contributed by atoms with van der Waals surface area (Å²) < 4.78 is 2.10. The minimum atomic E-state index is -0.0713. The van der Waals surface area contributed by atoms with Crippen molar-refractivity contribution in [3.63, 3.8) is 0 Å². The van der Waals surface area contributed by atoms with Crippen LogP contribution in [0.1, 0.15) is 23.0 Å². The van der Waals surface area contributed by atoms with E-state index >= 15 is 0 Å². The van der Waals surface area contributed by atoms with Crippen LogP contribution in [0.25, 0.3) is 0 Å². The molecular weight excluding hydrogens is 441 g/mol. The van der Waals surface area contributed by atoms with Crippen molar-refractivity contribution in [2.24, 2.45) is 12.0 Å². The Morgan fingerprint density at radius 3 is 2.50 bits per heavy atom. The van der Waals surface area contributed by atoms with Gasteiger partial charge in [0.1, 0.15) is 0 Å². The molecule has 1 heterocycles. The van der Waals surface area contributed by atoms with Crippen molar-refractivity contribution < 1.29 is 4.79 Å². The minimum Gasteiger partial charge on any atom is -0.357 e. The summed E-state index contributed by atoms with van der Waals surface area (Å²) in [5.41, 5.74) is 1.88. The van der Waals surface area contributed by atoms with Crippen molar-refractivity contribution in [2.75, 3.05) is 26.7 Å². The Balaban J connectivity index is 0.00000338. The maximum Gasteiger partial charge on any atom is 0.251 e. The van der Waals surface area contributed by atoms with Gasteiger partial charge in [-0.1, -0.05) is 18.2 Å². The fraction of sp³-hybridized carbons (Fsp3) is 0.368. The highest BCUT2D eigenvalue weighted by atomic mass is 127. The lowest BCUT2D eigenvalue weighted by atomic mass is 10.2. The van der Waals surface area contributed by atoms with E-state index in [9.17, 15) is 4.79 Å². The molecule has 1 aromatic carbocycles. The third kappa shape index (κ3) is 6.70. The highest BCUT2D eigenvalue weighted by Gasteiger charge is 2.08. The number of aryl methyl sites for hydroxylation is 1. The summed E-state index contributed by atoms with van der Waals surface area (Å²) in [6.07, 6.45) is 2.03. The topological polar surface area (TPSA) is 61.7 Å². The molecule has 142 valence electrons. The van der Waals surface area contributed by atoms with Crippen molar-refractivity contribution in [1.29, 1.82) is 0 Å². The average molecular weight is 469 g/mol. The Morgan fingerprint density at radius 1 is 1.15 bits per heavy atom. The molecule has 0 unspecified atom stereocenters. The van der Waals surface area contributed by atoms with Crippen molar-refractivity contribution in [3.8, 4) is 0 Å². The van der Waals surface area contributed by atoms with Gasteiger partial charge in [0.15, 0.2) is 5.96 Å². The summed E-state index contributed by atoms with van der Waals surface area (Å²) in [6.45, 7) is 4.64. The van der Waals surface area contributed by atoms with Gasteiger partial charge in [0.25, 0.3) is 5.91 Å². The SMILES string of the molecule is CCNC(=NCCNC(=O)c1ccccc1)N(C)Cc1cccn1C.I. The molecule has 2 N–H and O–H groups in total. The van der Waals surface area contributed by atoms with E-state index in [4.69, 9.17) is 0 Å². The summed E-state index contributed by atoms with van der Waals surface area (Å²) in [6, 6.07) is 13.3. The molecule has 7 heteroatoms. The van der Waals surface area contributed by atoms with E-state index < -0.39 is 0 Å². The van der Waals surface area contributed by atoms with Gasteiger partial charge in [-0.05, 0) is 31.2 Å². The molecule has 0 saturated carbocycles. The molecule has 26 heavy (non-hydrogen) atoms. The van der Waals surface area contributed by atoms with Crippen LogP contribution in [0.4, 0.5) is 0 Å². The second kappa shape index (κ2) is 11.6. The van der Waals surface area contributed by atoms with Gasteiger partial charge in [0, 0.05) is 44.6 Å². The zero-order valence-electron chi connectivity index (χ0n) is 15.6. The molecule has 0 fully saturated rings. The first-order valence-corrected chi connectivity index (χ1v) is 8.54. The Hall–Kier alpha value is -2.03. The van der Waals surface area contributed by atoms with E-state index in [-0.39, 0.29) is 29.9 Å². The molecule has 6 nitrogen and oxygen atoms in total. The maximum absolute atomic E-state index is 12.0. The highest BCUT2D eigenvalue weighted by Crippen LogP contribution is 2.03. The molecule has 0 radical (unpaired) electrons. The monoisotopic (exact) mass is 469 g/mol. The number of nitrogens with zero attached hydrogens (tertiary/aromatic N) is 3. The Labute approximate surface area is 172 Å². The van der Waals surface area contributed by atoms with Gasteiger partial charge in [0.2, 0.25) is 0 Å². The fourth-order valence-electron chi connectivity index (χ4n) is 2.47. The number of carbonyl (C=O) groups excluding carboxylic acids is 1. The molecular formula is C19H28IN5O. The third-order valence-electron chi connectivity index (χ3n) is 3.84. The molecule has 0 atom stereocenters. The number of carbonyl (C=O) groups is 1. The first-order chi connectivity index (χ1) is 12.1. The van der Waals surface area contributed by atoms with Gasteiger partial charge >= 0.3 is 0 Å². The predicted octanol–water partition coefficient (Wildman–Crippen LogP) is 2.47. The van der Waals surface area contributed by atoms with Crippen LogP contribution in [0.2, 0.25) is 0 Å². The third-order valence-corrected chi connectivity index (χ3v) is 3.84. The number of aliphatic imine (C=N–C) groups is 1. The molecule has 1 amide bonds. The number of rotatable bonds is 7. The fourth-order valence-corrected chi connectivity index (χ4v) is 2.47. The maximum atomic E-state index is 12.0. The van der Waals surface area contributed by atoms with Crippen molar-refractivity contribution >= 4 is 35.8 Å². The summed E-state index contributed by atoms with van der Waals surface area (Å²) in [7, 11) is 4.05. The van der Waals surface area contributed by atoms with E-state index in [1.165, 1.54) is 5.69 Å². The summed E-state index contributed by atoms with van der Waals surface area (Å²) in [5, 5.41) is 6.18. The van der Waals surface area contributed by atoms with Crippen LogP contribution >= 0.6 is 24.0 Å². The normalized spacial score (nSPS) is 10.8. The summed E-state index contributed by atoms with van der Waals surface area (Å²) in [5.74, 6) is 0.760. The number of hydrogen-bond acceptors (Lipinski definition) is 2. The van der Waals surface area contributed by atoms with E-state index in [1.54, 1.807) is 12.1 Å². The number of benzene rings is 1. The molecule has 1 aromatic heterocycles.